The molecule has 1 saturated carbocycles. The van der Waals surface area contributed by atoms with Gasteiger partial charge in [0.15, 0.2) is 5.60 Å². The monoisotopic (exact) mass is 215 g/mol. The van der Waals surface area contributed by atoms with E-state index < -0.39 is 11.6 Å². The summed E-state index contributed by atoms with van der Waals surface area (Å²) >= 11 is 0. The van der Waals surface area contributed by atoms with Crippen LogP contribution in [0.3, 0.4) is 0 Å². The summed E-state index contributed by atoms with van der Waals surface area (Å²) in [5.41, 5.74) is -1.26. The van der Waals surface area contributed by atoms with E-state index in [-0.39, 0.29) is 6.54 Å². The summed E-state index contributed by atoms with van der Waals surface area (Å²) in [5, 5.41) is 21.2. The third-order valence-corrected chi connectivity index (χ3v) is 3.17. The van der Waals surface area contributed by atoms with Crippen molar-refractivity contribution in [3.8, 4) is 0 Å². The van der Waals surface area contributed by atoms with Crippen LogP contribution in [0.1, 0.15) is 39.5 Å². The van der Waals surface area contributed by atoms with Gasteiger partial charge in [-0.05, 0) is 31.6 Å². The summed E-state index contributed by atoms with van der Waals surface area (Å²) in [6, 6.07) is 0. The fourth-order valence-corrected chi connectivity index (χ4v) is 1.87. The Kier molecular flexibility index (Phi) is 3.73. The molecule has 0 aromatic carbocycles. The highest BCUT2D eigenvalue weighted by Gasteiger charge is 2.41. The molecule has 0 amide bonds. The maximum Gasteiger partial charge on any atom is 0.336 e. The molecule has 88 valence electrons. The normalized spacial score (nSPS) is 22.1. The van der Waals surface area contributed by atoms with Gasteiger partial charge >= 0.3 is 5.97 Å². The van der Waals surface area contributed by atoms with Crippen LogP contribution in [0.25, 0.3) is 0 Å². The minimum Gasteiger partial charge on any atom is -0.479 e. The smallest absolute Gasteiger partial charge is 0.336 e. The number of carboxylic acid groups (broad SMARTS) is 1. The number of carbonyl (C=O) groups is 1. The van der Waals surface area contributed by atoms with E-state index in [1.807, 2.05) is 0 Å². The van der Waals surface area contributed by atoms with Gasteiger partial charge in [-0.25, -0.2) is 4.79 Å². The quantitative estimate of drug-likeness (QED) is 0.592. The number of aliphatic carboxylic acids is 1. The second kappa shape index (κ2) is 4.49. The molecular formula is C11H21NO3. The zero-order valence-corrected chi connectivity index (χ0v) is 9.55. The molecular weight excluding hydrogens is 194 g/mol. The number of nitrogens with one attached hydrogen (secondary N) is 1. The third-order valence-electron chi connectivity index (χ3n) is 3.17. The predicted molar refractivity (Wildman–Crippen MR) is 57.7 cm³/mol. The Bertz CT molecular complexity index is 234. The standard InChI is InChI=1S/C11H21NO3/c1-3-4-11(5-6-11)8-12-7-10(2,15)9(13)14/h12,15H,3-8H2,1-2H3,(H,13,14). The van der Waals surface area contributed by atoms with Gasteiger partial charge in [-0.1, -0.05) is 13.3 Å². The first-order valence-corrected chi connectivity index (χ1v) is 5.58. The van der Waals surface area contributed by atoms with E-state index in [1.165, 1.54) is 26.2 Å². The molecule has 0 heterocycles. The van der Waals surface area contributed by atoms with Crippen LogP contribution in [-0.4, -0.2) is 34.9 Å². The van der Waals surface area contributed by atoms with Crippen molar-refractivity contribution in [2.24, 2.45) is 5.41 Å². The Morgan fingerprint density at radius 1 is 1.53 bits per heavy atom. The van der Waals surface area contributed by atoms with E-state index in [4.69, 9.17) is 5.11 Å². The van der Waals surface area contributed by atoms with Gasteiger partial charge in [0.1, 0.15) is 0 Å². The summed E-state index contributed by atoms with van der Waals surface area (Å²) in [4.78, 5) is 10.6. The fourth-order valence-electron chi connectivity index (χ4n) is 1.87. The van der Waals surface area contributed by atoms with Crippen LogP contribution in [0, 0.1) is 5.41 Å². The third kappa shape index (κ3) is 3.47. The summed E-state index contributed by atoms with van der Waals surface area (Å²) < 4.78 is 0. The molecule has 0 spiro atoms. The number of hydrogen-bond donors (Lipinski definition) is 3. The van der Waals surface area contributed by atoms with Gasteiger partial charge in [-0.15, -0.1) is 0 Å². The lowest BCUT2D eigenvalue weighted by atomic mass is 10.00. The van der Waals surface area contributed by atoms with E-state index in [0.717, 1.165) is 13.0 Å². The molecule has 0 saturated heterocycles. The highest BCUT2D eigenvalue weighted by atomic mass is 16.4. The van der Waals surface area contributed by atoms with E-state index in [9.17, 15) is 9.90 Å². The zero-order valence-electron chi connectivity index (χ0n) is 9.55. The molecule has 1 rings (SSSR count). The first kappa shape index (κ1) is 12.5. The number of rotatable bonds is 7. The SMILES string of the molecule is CCCC1(CNCC(C)(O)C(=O)O)CC1. The van der Waals surface area contributed by atoms with Crippen LogP contribution in [0.15, 0.2) is 0 Å². The molecule has 1 unspecified atom stereocenters. The highest BCUT2D eigenvalue weighted by Crippen LogP contribution is 2.48. The Morgan fingerprint density at radius 3 is 2.53 bits per heavy atom. The number of hydrogen-bond acceptors (Lipinski definition) is 3. The summed E-state index contributed by atoms with van der Waals surface area (Å²) in [7, 11) is 0. The van der Waals surface area contributed by atoms with Crippen LogP contribution >= 0.6 is 0 Å². The lowest BCUT2D eigenvalue weighted by Gasteiger charge is -2.21. The average molecular weight is 215 g/mol. The van der Waals surface area contributed by atoms with Gasteiger partial charge in [-0.2, -0.15) is 0 Å². The van der Waals surface area contributed by atoms with Crippen molar-refractivity contribution < 1.29 is 15.0 Å². The van der Waals surface area contributed by atoms with Gasteiger partial charge in [0.25, 0.3) is 0 Å². The summed E-state index contributed by atoms with van der Waals surface area (Å²) in [6.45, 7) is 4.42. The van der Waals surface area contributed by atoms with Crippen LogP contribution < -0.4 is 5.32 Å². The predicted octanol–water partition coefficient (Wildman–Crippen LogP) is 0.992. The molecule has 1 aliphatic rings. The number of aliphatic hydroxyl groups is 1. The first-order chi connectivity index (χ1) is 6.92. The Morgan fingerprint density at radius 2 is 2.13 bits per heavy atom. The molecule has 3 N–H and O–H groups in total. The second-order valence-electron chi connectivity index (χ2n) is 4.93. The van der Waals surface area contributed by atoms with Gasteiger partial charge < -0.3 is 15.5 Å². The molecule has 1 aliphatic carbocycles. The van der Waals surface area contributed by atoms with Crippen molar-refractivity contribution in [3.63, 3.8) is 0 Å². The van der Waals surface area contributed by atoms with Crippen molar-refractivity contribution in [3.05, 3.63) is 0 Å². The molecule has 4 nitrogen and oxygen atoms in total. The molecule has 0 radical (unpaired) electrons. The molecule has 0 aromatic rings. The van der Waals surface area contributed by atoms with Crippen molar-refractivity contribution in [1.82, 2.24) is 5.32 Å². The van der Waals surface area contributed by atoms with Gasteiger partial charge in [0.2, 0.25) is 0 Å². The van der Waals surface area contributed by atoms with Crippen molar-refractivity contribution >= 4 is 5.97 Å². The zero-order chi connectivity index (χ0) is 11.5. The van der Waals surface area contributed by atoms with Gasteiger partial charge in [0.05, 0.1) is 0 Å². The molecule has 0 aliphatic heterocycles. The Labute approximate surface area is 90.7 Å². The van der Waals surface area contributed by atoms with Crippen molar-refractivity contribution in [2.45, 2.75) is 45.1 Å². The van der Waals surface area contributed by atoms with Gasteiger partial charge in [0, 0.05) is 13.1 Å². The maximum absolute atomic E-state index is 10.6. The lowest BCUT2D eigenvalue weighted by molar-refractivity contribution is -0.156. The summed E-state index contributed by atoms with van der Waals surface area (Å²) in [6.07, 6.45) is 4.80. The summed E-state index contributed by atoms with van der Waals surface area (Å²) in [5.74, 6) is -1.17. The van der Waals surface area contributed by atoms with E-state index in [1.54, 1.807) is 0 Å². The fraction of sp³-hybridized carbons (Fsp3) is 0.909. The molecule has 1 atom stereocenters. The van der Waals surface area contributed by atoms with Crippen LogP contribution in [0.2, 0.25) is 0 Å². The van der Waals surface area contributed by atoms with Crippen LogP contribution in [-0.2, 0) is 4.79 Å². The Hall–Kier alpha value is -0.610. The maximum atomic E-state index is 10.6. The van der Waals surface area contributed by atoms with E-state index in [0.29, 0.717) is 5.41 Å². The van der Waals surface area contributed by atoms with Crippen LogP contribution in [0.4, 0.5) is 0 Å². The Balaban J connectivity index is 2.24. The highest BCUT2D eigenvalue weighted by molar-refractivity contribution is 5.76. The topological polar surface area (TPSA) is 69.6 Å². The van der Waals surface area contributed by atoms with Gasteiger partial charge in [-0.3, -0.25) is 0 Å². The minimum atomic E-state index is -1.65. The molecule has 0 bridgehead atoms. The first-order valence-electron chi connectivity index (χ1n) is 5.58. The lowest BCUT2D eigenvalue weighted by Crippen LogP contribution is -2.46. The molecule has 0 aromatic heterocycles. The van der Waals surface area contributed by atoms with E-state index >= 15 is 0 Å². The molecule has 15 heavy (non-hydrogen) atoms. The molecule has 1 fully saturated rings. The minimum absolute atomic E-state index is 0.119. The van der Waals surface area contributed by atoms with E-state index in [2.05, 4.69) is 12.2 Å². The van der Waals surface area contributed by atoms with Crippen molar-refractivity contribution in [2.75, 3.05) is 13.1 Å². The largest absolute Gasteiger partial charge is 0.479 e. The second-order valence-corrected chi connectivity index (χ2v) is 4.93. The average Bonchev–Trinajstić information content (AvgIpc) is 2.85. The van der Waals surface area contributed by atoms with Crippen LogP contribution in [0.5, 0.6) is 0 Å². The number of carboxylic acids is 1. The molecule has 4 heteroatoms. The van der Waals surface area contributed by atoms with Crippen molar-refractivity contribution in [1.29, 1.82) is 0 Å².